The molecule has 0 aliphatic carbocycles. The van der Waals surface area contributed by atoms with Crippen molar-refractivity contribution >= 4 is 29.2 Å². The topological polar surface area (TPSA) is 43.8 Å². The minimum Gasteiger partial charge on any atom is -0.383 e. The molecular weight excluding hydrogens is 266 g/mol. The van der Waals surface area contributed by atoms with Gasteiger partial charge in [0.2, 0.25) is 0 Å². The van der Waals surface area contributed by atoms with Crippen LogP contribution in [0.2, 0.25) is 5.02 Å². The number of nitrogens with zero attached hydrogens (tertiary/aromatic N) is 2. The Bertz CT molecular complexity index is 525. The Morgan fingerprint density at radius 2 is 2.17 bits per heavy atom. The van der Waals surface area contributed by atoms with Gasteiger partial charge in [-0.25, -0.2) is 4.68 Å². The van der Waals surface area contributed by atoms with Crippen molar-refractivity contribution in [1.29, 1.82) is 0 Å². The number of halogens is 1. The van der Waals surface area contributed by atoms with Gasteiger partial charge in [0.15, 0.2) is 0 Å². The molecule has 1 heterocycles. The maximum Gasteiger partial charge on any atom is 0.135 e. The second-order valence-corrected chi connectivity index (χ2v) is 5.54. The summed E-state index contributed by atoms with van der Waals surface area (Å²) in [6.45, 7) is 2.76. The lowest BCUT2D eigenvalue weighted by molar-refractivity contribution is 0.697. The zero-order chi connectivity index (χ0) is 13.0. The Morgan fingerprint density at radius 3 is 2.89 bits per heavy atom. The van der Waals surface area contributed by atoms with Crippen LogP contribution in [0.5, 0.6) is 0 Å². The average molecular weight is 282 g/mol. The number of aromatic nitrogens is 2. The molecule has 5 heteroatoms. The fourth-order valence-electron chi connectivity index (χ4n) is 1.61. The highest BCUT2D eigenvalue weighted by molar-refractivity contribution is 7.99. The minimum absolute atomic E-state index is 0.609. The fourth-order valence-corrected chi connectivity index (χ4v) is 2.61. The van der Waals surface area contributed by atoms with E-state index in [4.69, 9.17) is 17.3 Å². The van der Waals surface area contributed by atoms with E-state index in [0.717, 1.165) is 27.7 Å². The first-order valence-corrected chi connectivity index (χ1v) is 7.26. The minimum atomic E-state index is 0.609. The first-order chi connectivity index (χ1) is 8.72. The standard InChI is InChI=1S/C13H16ClN3S/c1-2-7-18-12-8-16-17(13(12)15)9-10-5-3-4-6-11(10)14/h3-6,8H,2,7,9,15H2,1H3. The van der Waals surface area contributed by atoms with Crippen LogP contribution in [0.15, 0.2) is 35.4 Å². The lowest BCUT2D eigenvalue weighted by Crippen LogP contribution is -2.06. The highest BCUT2D eigenvalue weighted by Gasteiger charge is 2.09. The summed E-state index contributed by atoms with van der Waals surface area (Å²) in [5.74, 6) is 1.77. The van der Waals surface area contributed by atoms with Crippen molar-refractivity contribution in [3.63, 3.8) is 0 Å². The molecule has 0 fully saturated rings. The van der Waals surface area contributed by atoms with Crippen LogP contribution in [0.1, 0.15) is 18.9 Å². The molecule has 0 spiro atoms. The zero-order valence-electron chi connectivity index (χ0n) is 10.3. The molecule has 0 atom stereocenters. The molecule has 18 heavy (non-hydrogen) atoms. The second-order valence-electron chi connectivity index (χ2n) is 3.99. The first kappa shape index (κ1) is 13.3. The highest BCUT2D eigenvalue weighted by atomic mass is 35.5. The summed E-state index contributed by atoms with van der Waals surface area (Å²) in [5, 5.41) is 5.06. The monoisotopic (exact) mass is 281 g/mol. The van der Waals surface area contributed by atoms with E-state index >= 15 is 0 Å². The number of nitrogen functional groups attached to an aromatic ring is 1. The quantitative estimate of drug-likeness (QED) is 0.851. The fraction of sp³-hybridized carbons (Fsp3) is 0.308. The molecule has 0 unspecified atom stereocenters. The highest BCUT2D eigenvalue weighted by Crippen LogP contribution is 2.26. The number of hydrogen-bond acceptors (Lipinski definition) is 3. The van der Waals surface area contributed by atoms with Crippen molar-refractivity contribution in [2.75, 3.05) is 11.5 Å². The van der Waals surface area contributed by atoms with E-state index in [1.807, 2.05) is 30.5 Å². The van der Waals surface area contributed by atoms with Crippen molar-refractivity contribution in [3.8, 4) is 0 Å². The van der Waals surface area contributed by atoms with E-state index in [1.165, 1.54) is 0 Å². The van der Waals surface area contributed by atoms with Crippen LogP contribution >= 0.6 is 23.4 Å². The Kier molecular flexibility index (Phi) is 4.55. The Morgan fingerprint density at radius 1 is 1.39 bits per heavy atom. The van der Waals surface area contributed by atoms with Crippen molar-refractivity contribution in [1.82, 2.24) is 9.78 Å². The van der Waals surface area contributed by atoms with E-state index in [-0.39, 0.29) is 0 Å². The molecular formula is C13H16ClN3S. The molecule has 1 aromatic carbocycles. The van der Waals surface area contributed by atoms with E-state index < -0.39 is 0 Å². The lowest BCUT2D eigenvalue weighted by atomic mass is 10.2. The van der Waals surface area contributed by atoms with Crippen molar-refractivity contribution < 1.29 is 0 Å². The van der Waals surface area contributed by atoms with Gasteiger partial charge in [-0.3, -0.25) is 0 Å². The summed E-state index contributed by atoms with van der Waals surface area (Å²) in [6, 6.07) is 7.75. The summed E-state index contributed by atoms with van der Waals surface area (Å²) in [5.41, 5.74) is 7.11. The molecule has 0 aliphatic heterocycles. The van der Waals surface area contributed by atoms with Gasteiger partial charge in [-0.05, 0) is 23.8 Å². The number of anilines is 1. The molecule has 2 aromatic rings. The number of benzene rings is 1. The predicted octanol–water partition coefficient (Wildman–Crippen LogP) is 3.67. The van der Waals surface area contributed by atoms with Gasteiger partial charge in [0, 0.05) is 5.02 Å². The molecule has 3 nitrogen and oxygen atoms in total. The lowest BCUT2D eigenvalue weighted by Gasteiger charge is -2.06. The number of rotatable bonds is 5. The largest absolute Gasteiger partial charge is 0.383 e. The summed E-state index contributed by atoms with van der Waals surface area (Å²) in [7, 11) is 0. The maximum absolute atomic E-state index is 6.13. The zero-order valence-corrected chi connectivity index (χ0v) is 11.8. The SMILES string of the molecule is CCCSc1cnn(Cc2ccccc2Cl)c1N. The van der Waals surface area contributed by atoms with Gasteiger partial charge in [0.25, 0.3) is 0 Å². The number of nitrogens with two attached hydrogens (primary N) is 1. The van der Waals surface area contributed by atoms with E-state index in [1.54, 1.807) is 16.4 Å². The van der Waals surface area contributed by atoms with Gasteiger partial charge in [0.05, 0.1) is 17.6 Å². The van der Waals surface area contributed by atoms with Crippen LogP contribution in [-0.2, 0) is 6.54 Å². The first-order valence-electron chi connectivity index (χ1n) is 5.90. The van der Waals surface area contributed by atoms with Gasteiger partial charge in [0.1, 0.15) is 5.82 Å². The Balaban J connectivity index is 2.15. The summed E-state index contributed by atoms with van der Waals surface area (Å²) >= 11 is 7.87. The van der Waals surface area contributed by atoms with Crippen LogP contribution in [0.25, 0.3) is 0 Å². The Hall–Kier alpha value is -1.13. The molecule has 1 aromatic heterocycles. The third-order valence-corrected chi connectivity index (χ3v) is 4.19. The molecule has 0 amide bonds. The number of hydrogen-bond donors (Lipinski definition) is 1. The van der Waals surface area contributed by atoms with Gasteiger partial charge >= 0.3 is 0 Å². The second kappa shape index (κ2) is 6.16. The van der Waals surface area contributed by atoms with Crippen molar-refractivity contribution in [2.24, 2.45) is 0 Å². The molecule has 0 bridgehead atoms. The van der Waals surface area contributed by atoms with Gasteiger partial charge < -0.3 is 5.73 Å². The Labute approximate surface area is 116 Å². The molecule has 2 rings (SSSR count). The van der Waals surface area contributed by atoms with E-state index in [0.29, 0.717) is 12.4 Å². The van der Waals surface area contributed by atoms with Gasteiger partial charge in [-0.15, -0.1) is 11.8 Å². The maximum atomic E-state index is 6.13. The van der Waals surface area contributed by atoms with E-state index in [9.17, 15) is 0 Å². The average Bonchev–Trinajstić information content (AvgIpc) is 2.71. The van der Waals surface area contributed by atoms with Crippen LogP contribution in [0, 0.1) is 0 Å². The molecule has 96 valence electrons. The number of thioether (sulfide) groups is 1. The van der Waals surface area contributed by atoms with Crippen LogP contribution in [-0.4, -0.2) is 15.5 Å². The summed E-state index contributed by atoms with van der Waals surface area (Å²) in [6.07, 6.45) is 2.95. The molecule has 0 radical (unpaired) electrons. The van der Waals surface area contributed by atoms with Gasteiger partial charge in [-0.1, -0.05) is 36.7 Å². The molecule has 0 aliphatic rings. The van der Waals surface area contributed by atoms with Crippen molar-refractivity contribution in [3.05, 3.63) is 41.0 Å². The van der Waals surface area contributed by atoms with Crippen LogP contribution in [0.4, 0.5) is 5.82 Å². The van der Waals surface area contributed by atoms with Crippen molar-refractivity contribution in [2.45, 2.75) is 24.8 Å². The van der Waals surface area contributed by atoms with Gasteiger partial charge in [-0.2, -0.15) is 5.10 Å². The summed E-state index contributed by atoms with van der Waals surface area (Å²) in [4.78, 5) is 1.05. The molecule has 0 saturated carbocycles. The van der Waals surface area contributed by atoms with Crippen LogP contribution in [0.3, 0.4) is 0 Å². The predicted molar refractivity (Wildman–Crippen MR) is 78.2 cm³/mol. The van der Waals surface area contributed by atoms with E-state index in [2.05, 4.69) is 12.0 Å². The molecule has 2 N–H and O–H groups in total. The summed E-state index contributed by atoms with van der Waals surface area (Å²) < 4.78 is 1.79. The molecule has 0 saturated heterocycles. The smallest absolute Gasteiger partial charge is 0.135 e. The third-order valence-electron chi connectivity index (χ3n) is 2.58. The normalized spacial score (nSPS) is 10.8. The third kappa shape index (κ3) is 3.00. The van der Waals surface area contributed by atoms with Crippen LogP contribution < -0.4 is 5.73 Å².